The molecular weight excluding hydrogens is 293 g/mol. The van der Waals surface area contributed by atoms with Crippen molar-refractivity contribution >= 4 is 27.5 Å². The van der Waals surface area contributed by atoms with Gasteiger partial charge in [-0.05, 0) is 39.7 Å². The molecule has 0 bridgehead atoms. The van der Waals surface area contributed by atoms with Crippen molar-refractivity contribution in [2.24, 2.45) is 0 Å². The Kier molecular flexibility index (Phi) is 3.31. The van der Waals surface area contributed by atoms with Gasteiger partial charge in [-0.3, -0.25) is 0 Å². The highest BCUT2D eigenvalue weighted by molar-refractivity contribution is 9.10. The van der Waals surface area contributed by atoms with E-state index in [2.05, 4.69) is 15.9 Å². The molecule has 2 rings (SSSR count). The number of hydrogen-bond acceptors (Lipinski definition) is 2. The molecule has 0 aliphatic carbocycles. The van der Waals surface area contributed by atoms with E-state index in [1.807, 2.05) is 18.2 Å². The molecule has 0 amide bonds. The Morgan fingerprint density at radius 3 is 2.62 bits per heavy atom. The standard InChI is InChI=1S/C11H7BrClNO2/c12-8-6-10(11(13)14(15)7-8)16-9-4-2-1-3-5-9/h1-7H. The summed E-state index contributed by atoms with van der Waals surface area (Å²) >= 11 is 9.02. The predicted octanol–water partition coefficient (Wildman–Crippen LogP) is 3.53. The van der Waals surface area contributed by atoms with Gasteiger partial charge in [0, 0.05) is 6.07 Å². The molecule has 0 N–H and O–H groups in total. The molecule has 0 aliphatic rings. The molecule has 1 aromatic carbocycles. The first-order chi connectivity index (χ1) is 7.66. The summed E-state index contributed by atoms with van der Waals surface area (Å²) in [6.07, 6.45) is 1.32. The molecule has 0 unspecified atom stereocenters. The number of rotatable bonds is 2. The number of aromatic nitrogens is 1. The largest absolute Gasteiger partial charge is 0.618 e. The molecule has 1 heterocycles. The summed E-state index contributed by atoms with van der Waals surface area (Å²) < 4.78 is 6.64. The summed E-state index contributed by atoms with van der Waals surface area (Å²) in [6, 6.07) is 10.8. The number of hydrogen-bond donors (Lipinski definition) is 0. The molecule has 82 valence electrons. The topological polar surface area (TPSA) is 36.2 Å². The quantitative estimate of drug-likeness (QED) is 0.483. The van der Waals surface area contributed by atoms with Crippen molar-refractivity contribution < 1.29 is 9.47 Å². The zero-order chi connectivity index (χ0) is 11.5. The van der Waals surface area contributed by atoms with Gasteiger partial charge in [-0.15, -0.1) is 0 Å². The second kappa shape index (κ2) is 4.72. The summed E-state index contributed by atoms with van der Waals surface area (Å²) in [4.78, 5) is 0. The van der Waals surface area contributed by atoms with E-state index in [9.17, 15) is 5.21 Å². The molecule has 0 aliphatic heterocycles. The minimum Gasteiger partial charge on any atom is -0.618 e. The molecule has 3 nitrogen and oxygen atoms in total. The molecule has 0 saturated carbocycles. The van der Waals surface area contributed by atoms with Crippen LogP contribution in [0.15, 0.2) is 47.1 Å². The van der Waals surface area contributed by atoms with Gasteiger partial charge in [0.05, 0.1) is 4.47 Å². The van der Waals surface area contributed by atoms with Gasteiger partial charge in [-0.1, -0.05) is 18.2 Å². The van der Waals surface area contributed by atoms with E-state index in [4.69, 9.17) is 16.3 Å². The summed E-state index contributed by atoms with van der Waals surface area (Å²) in [5.74, 6) is 0.944. The van der Waals surface area contributed by atoms with Crippen LogP contribution in [0.25, 0.3) is 0 Å². The van der Waals surface area contributed by atoms with E-state index < -0.39 is 0 Å². The predicted molar refractivity (Wildman–Crippen MR) is 64.6 cm³/mol. The van der Waals surface area contributed by atoms with Crippen molar-refractivity contribution in [2.45, 2.75) is 0 Å². The minimum atomic E-state index is 0.00653. The molecule has 5 heteroatoms. The monoisotopic (exact) mass is 299 g/mol. The highest BCUT2D eigenvalue weighted by Crippen LogP contribution is 2.28. The van der Waals surface area contributed by atoms with E-state index >= 15 is 0 Å². The molecule has 0 atom stereocenters. The summed E-state index contributed by atoms with van der Waals surface area (Å²) in [7, 11) is 0. The number of ether oxygens (including phenoxy) is 1. The van der Waals surface area contributed by atoms with Crippen molar-refractivity contribution in [2.75, 3.05) is 0 Å². The Morgan fingerprint density at radius 1 is 1.25 bits per heavy atom. The number of halogens is 2. The molecule has 1 aromatic heterocycles. The summed E-state index contributed by atoms with van der Waals surface area (Å²) in [6.45, 7) is 0. The lowest BCUT2D eigenvalue weighted by Gasteiger charge is -2.07. The Morgan fingerprint density at radius 2 is 1.94 bits per heavy atom. The molecule has 0 radical (unpaired) electrons. The first-order valence-electron chi connectivity index (χ1n) is 4.48. The first-order valence-corrected chi connectivity index (χ1v) is 5.65. The fourth-order valence-corrected chi connectivity index (χ4v) is 1.72. The van der Waals surface area contributed by atoms with Gasteiger partial charge in [-0.25, -0.2) is 0 Å². The molecule has 2 aromatic rings. The maximum atomic E-state index is 11.3. The van der Waals surface area contributed by atoms with Crippen LogP contribution in [0.1, 0.15) is 0 Å². The van der Waals surface area contributed by atoms with Gasteiger partial charge in [0.2, 0.25) is 5.75 Å². The number of nitrogens with zero attached hydrogens (tertiary/aromatic N) is 1. The van der Waals surface area contributed by atoms with E-state index in [-0.39, 0.29) is 5.15 Å². The summed E-state index contributed by atoms with van der Waals surface area (Å²) in [5.41, 5.74) is 0. The Balaban J connectivity index is 2.35. The minimum absolute atomic E-state index is 0.00653. The third-order valence-electron chi connectivity index (χ3n) is 1.88. The van der Waals surface area contributed by atoms with Crippen molar-refractivity contribution in [1.82, 2.24) is 0 Å². The van der Waals surface area contributed by atoms with Gasteiger partial charge in [0.1, 0.15) is 5.75 Å². The van der Waals surface area contributed by atoms with Crippen LogP contribution in [0.4, 0.5) is 0 Å². The highest BCUT2D eigenvalue weighted by atomic mass is 79.9. The van der Waals surface area contributed by atoms with Crippen molar-refractivity contribution in [3.8, 4) is 11.5 Å². The zero-order valence-corrected chi connectivity index (χ0v) is 10.4. The highest BCUT2D eigenvalue weighted by Gasteiger charge is 2.13. The van der Waals surface area contributed by atoms with Crippen molar-refractivity contribution in [3.05, 3.63) is 57.4 Å². The van der Waals surface area contributed by atoms with Gasteiger partial charge in [-0.2, -0.15) is 4.73 Å². The third kappa shape index (κ3) is 2.46. The van der Waals surface area contributed by atoms with Crippen LogP contribution in [-0.2, 0) is 0 Å². The molecule has 0 saturated heterocycles. The van der Waals surface area contributed by atoms with Gasteiger partial charge in [0.15, 0.2) is 6.20 Å². The van der Waals surface area contributed by atoms with Crippen LogP contribution in [0.2, 0.25) is 5.15 Å². The second-order valence-corrected chi connectivity index (χ2v) is 4.33. The smallest absolute Gasteiger partial charge is 0.329 e. The van der Waals surface area contributed by atoms with Crippen LogP contribution in [0.3, 0.4) is 0 Å². The fourth-order valence-electron chi connectivity index (χ4n) is 1.19. The van der Waals surface area contributed by atoms with Crippen LogP contribution in [0.5, 0.6) is 11.5 Å². The normalized spacial score (nSPS) is 10.1. The van der Waals surface area contributed by atoms with E-state index in [1.165, 1.54) is 6.20 Å². The number of para-hydroxylation sites is 1. The average Bonchev–Trinajstić information content (AvgIpc) is 2.27. The summed E-state index contributed by atoms with van der Waals surface area (Å²) in [5, 5.41) is 11.3. The maximum absolute atomic E-state index is 11.3. The second-order valence-electron chi connectivity index (χ2n) is 3.05. The average molecular weight is 301 g/mol. The molecular formula is C11H7BrClNO2. The van der Waals surface area contributed by atoms with Gasteiger partial charge < -0.3 is 9.94 Å². The van der Waals surface area contributed by atoms with Crippen molar-refractivity contribution in [1.29, 1.82) is 0 Å². The lowest BCUT2D eigenvalue weighted by molar-refractivity contribution is -0.604. The Hall–Kier alpha value is -1.26. The van der Waals surface area contributed by atoms with E-state index in [1.54, 1.807) is 18.2 Å². The maximum Gasteiger partial charge on any atom is 0.329 e. The SMILES string of the molecule is [O-][n+]1cc(Br)cc(Oc2ccccc2)c1Cl. The Bertz CT molecular complexity index is 505. The number of benzene rings is 1. The van der Waals surface area contributed by atoms with Gasteiger partial charge >= 0.3 is 5.15 Å². The first kappa shape index (κ1) is 11.2. The lowest BCUT2D eigenvalue weighted by atomic mass is 10.3. The fraction of sp³-hybridized carbons (Fsp3) is 0. The molecule has 0 fully saturated rings. The van der Waals surface area contributed by atoms with E-state index in [0.29, 0.717) is 20.7 Å². The van der Waals surface area contributed by atoms with E-state index in [0.717, 1.165) is 0 Å². The Labute approximate surface area is 106 Å². The molecule has 16 heavy (non-hydrogen) atoms. The van der Waals surface area contributed by atoms with Crippen molar-refractivity contribution in [3.63, 3.8) is 0 Å². The van der Waals surface area contributed by atoms with Crippen LogP contribution >= 0.6 is 27.5 Å². The van der Waals surface area contributed by atoms with Crippen LogP contribution < -0.4 is 9.47 Å². The third-order valence-corrected chi connectivity index (χ3v) is 2.66. The van der Waals surface area contributed by atoms with Crippen LogP contribution in [-0.4, -0.2) is 0 Å². The lowest BCUT2D eigenvalue weighted by Crippen LogP contribution is -2.27. The molecule has 0 spiro atoms. The van der Waals surface area contributed by atoms with Gasteiger partial charge in [0.25, 0.3) is 0 Å². The number of pyridine rings is 1. The van der Waals surface area contributed by atoms with Crippen LogP contribution in [0, 0.1) is 5.21 Å². The zero-order valence-electron chi connectivity index (χ0n) is 8.06.